The molecule has 4 heteroatoms. The smallest absolute Gasteiger partial charge is 0.407 e. The Hall–Kier alpha value is -0.770. The van der Waals surface area contributed by atoms with E-state index in [1.54, 1.807) is 0 Å². The molecule has 1 atom stereocenters. The van der Waals surface area contributed by atoms with Crippen molar-refractivity contribution in [2.24, 2.45) is 11.8 Å². The molecule has 0 aliphatic carbocycles. The Labute approximate surface area is 90.9 Å². The third kappa shape index (κ3) is 3.70. The first-order chi connectivity index (χ1) is 7.15. The Kier molecular flexibility index (Phi) is 4.88. The van der Waals surface area contributed by atoms with Crippen LogP contribution in [0, 0.1) is 11.8 Å². The van der Waals surface area contributed by atoms with Crippen LogP contribution in [0.4, 0.5) is 4.79 Å². The maximum atomic E-state index is 10.7. The lowest BCUT2D eigenvalue weighted by Crippen LogP contribution is -2.38. The number of aliphatic hydroxyl groups is 1. The maximum absolute atomic E-state index is 10.7. The topological polar surface area (TPSA) is 60.8 Å². The number of hydrogen-bond acceptors (Lipinski definition) is 2. The number of aliphatic hydroxyl groups excluding tert-OH is 1. The number of nitrogens with zero attached hydrogens (tertiary/aromatic N) is 1. The normalized spacial score (nSPS) is 20.3. The molecule has 2 N–H and O–H groups in total. The van der Waals surface area contributed by atoms with E-state index in [1.807, 2.05) is 0 Å². The third-order valence-electron chi connectivity index (χ3n) is 3.43. The van der Waals surface area contributed by atoms with Crippen LogP contribution in [0.2, 0.25) is 0 Å². The summed E-state index contributed by atoms with van der Waals surface area (Å²) in [5.41, 5.74) is 0. The highest BCUT2D eigenvalue weighted by Crippen LogP contribution is 2.27. The summed E-state index contributed by atoms with van der Waals surface area (Å²) in [5.74, 6) is 1.24. The van der Waals surface area contributed by atoms with Gasteiger partial charge in [0.15, 0.2) is 0 Å². The van der Waals surface area contributed by atoms with Crippen LogP contribution < -0.4 is 0 Å². The minimum atomic E-state index is -0.795. The van der Waals surface area contributed by atoms with Crippen LogP contribution >= 0.6 is 0 Å². The molecule has 0 aromatic heterocycles. The standard InChI is InChI=1S/C11H21NO3/c1-9(3-2-8-13)10-4-6-12(7-5-10)11(14)15/h9-10,13H,2-8H2,1H3,(H,14,15). The predicted molar refractivity (Wildman–Crippen MR) is 57.8 cm³/mol. The molecular weight excluding hydrogens is 194 g/mol. The van der Waals surface area contributed by atoms with E-state index in [9.17, 15) is 4.79 Å². The van der Waals surface area contributed by atoms with Gasteiger partial charge >= 0.3 is 6.09 Å². The molecule has 0 aromatic carbocycles. The Morgan fingerprint density at radius 3 is 2.53 bits per heavy atom. The van der Waals surface area contributed by atoms with Crippen molar-refractivity contribution in [2.75, 3.05) is 19.7 Å². The number of likely N-dealkylation sites (tertiary alicyclic amines) is 1. The summed E-state index contributed by atoms with van der Waals surface area (Å²) >= 11 is 0. The van der Waals surface area contributed by atoms with Gasteiger partial charge in [-0.25, -0.2) is 4.79 Å². The molecule has 0 radical (unpaired) electrons. The van der Waals surface area contributed by atoms with Crippen LogP contribution in [0.3, 0.4) is 0 Å². The Balaban J connectivity index is 2.27. The molecule has 0 spiro atoms. The fraction of sp³-hybridized carbons (Fsp3) is 0.909. The average molecular weight is 215 g/mol. The molecule has 0 saturated carbocycles. The van der Waals surface area contributed by atoms with E-state index in [4.69, 9.17) is 10.2 Å². The highest BCUT2D eigenvalue weighted by Gasteiger charge is 2.25. The Bertz CT molecular complexity index is 200. The van der Waals surface area contributed by atoms with Crippen LogP contribution in [-0.2, 0) is 0 Å². The zero-order chi connectivity index (χ0) is 11.3. The minimum absolute atomic E-state index is 0.262. The van der Waals surface area contributed by atoms with Crippen molar-refractivity contribution >= 4 is 6.09 Å². The van der Waals surface area contributed by atoms with Crippen molar-refractivity contribution in [3.05, 3.63) is 0 Å². The number of piperidine rings is 1. The lowest BCUT2D eigenvalue weighted by molar-refractivity contribution is 0.112. The van der Waals surface area contributed by atoms with Gasteiger partial charge in [0.25, 0.3) is 0 Å². The largest absolute Gasteiger partial charge is 0.465 e. The number of carbonyl (C=O) groups is 1. The summed E-state index contributed by atoms with van der Waals surface area (Å²) in [6.45, 7) is 3.81. The molecule has 1 fully saturated rings. The van der Waals surface area contributed by atoms with Gasteiger partial charge in [-0.15, -0.1) is 0 Å². The van der Waals surface area contributed by atoms with Crippen LogP contribution in [0.15, 0.2) is 0 Å². The SMILES string of the molecule is CC(CCCO)C1CCN(C(=O)O)CC1. The minimum Gasteiger partial charge on any atom is -0.465 e. The van der Waals surface area contributed by atoms with E-state index in [0.29, 0.717) is 24.9 Å². The molecule has 1 rings (SSSR count). The van der Waals surface area contributed by atoms with Crippen molar-refractivity contribution in [3.63, 3.8) is 0 Å². The molecule has 1 unspecified atom stereocenters. The molecule has 1 amide bonds. The second-order valence-corrected chi connectivity index (χ2v) is 4.45. The number of amides is 1. The zero-order valence-electron chi connectivity index (χ0n) is 9.35. The van der Waals surface area contributed by atoms with E-state index in [0.717, 1.165) is 25.7 Å². The van der Waals surface area contributed by atoms with E-state index in [2.05, 4.69) is 6.92 Å². The van der Waals surface area contributed by atoms with Gasteiger partial charge in [0.05, 0.1) is 0 Å². The number of rotatable bonds is 4. The van der Waals surface area contributed by atoms with Gasteiger partial charge in [-0.05, 0) is 37.5 Å². The van der Waals surface area contributed by atoms with E-state index < -0.39 is 6.09 Å². The van der Waals surface area contributed by atoms with Crippen LogP contribution in [0.5, 0.6) is 0 Å². The highest BCUT2D eigenvalue weighted by molar-refractivity contribution is 5.64. The average Bonchev–Trinajstić information content (AvgIpc) is 2.26. The van der Waals surface area contributed by atoms with Gasteiger partial charge in [-0.3, -0.25) is 0 Å². The summed E-state index contributed by atoms with van der Waals surface area (Å²) in [6, 6.07) is 0. The van der Waals surface area contributed by atoms with Crippen LogP contribution in [-0.4, -0.2) is 40.9 Å². The van der Waals surface area contributed by atoms with Crippen molar-refractivity contribution in [3.8, 4) is 0 Å². The van der Waals surface area contributed by atoms with E-state index >= 15 is 0 Å². The lowest BCUT2D eigenvalue weighted by Gasteiger charge is -2.33. The highest BCUT2D eigenvalue weighted by atomic mass is 16.4. The summed E-state index contributed by atoms with van der Waals surface area (Å²) in [5, 5.41) is 17.5. The van der Waals surface area contributed by atoms with E-state index in [-0.39, 0.29) is 6.61 Å². The van der Waals surface area contributed by atoms with Gasteiger partial charge in [0, 0.05) is 19.7 Å². The van der Waals surface area contributed by atoms with Crippen LogP contribution in [0.25, 0.3) is 0 Å². The Morgan fingerprint density at radius 1 is 1.47 bits per heavy atom. The van der Waals surface area contributed by atoms with Crippen LogP contribution in [0.1, 0.15) is 32.6 Å². The number of hydrogen-bond donors (Lipinski definition) is 2. The van der Waals surface area contributed by atoms with E-state index in [1.165, 1.54) is 4.90 Å². The molecule has 15 heavy (non-hydrogen) atoms. The van der Waals surface area contributed by atoms with Crippen molar-refractivity contribution in [1.82, 2.24) is 4.90 Å². The summed E-state index contributed by atoms with van der Waals surface area (Å²) in [7, 11) is 0. The molecule has 1 heterocycles. The van der Waals surface area contributed by atoms with Gasteiger partial charge in [0.2, 0.25) is 0 Å². The molecular formula is C11H21NO3. The molecule has 0 aromatic rings. The fourth-order valence-corrected chi connectivity index (χ4v) is 2.31. The van der Waals surface area contributed by atoms with Crippen molar-refractivity contribution < 1.29 is 15.0 Å². The van der Waals surface area contributed by atoms with Gasteiger partial charge in [-0.2, -0.15) is 0 Å². The summed E-state index contributed by atoms with van der Waals surface area (Å²) in [6.07, 6.45) is 3.06. The lowest BCUT2D eigenvalue weighted by atomic mass is 9.83. The second-order valence-electron chi connectivity index (χ2n) is 4.45. The van der Waals surface area contributed by atoms with Gasteiger partial charge in [-0.1, -0.05) is 6.92 Å². The maximum Gasteiger partial charge on any atom is 0.407 e. The Morgan fingerprint density at radius 2 is 2.07 bits per heavy atom. The van der Waals surface area contributed by atoms with Crippen molar-refractivity contribution in [2.45, 2.75) is 32.6 Å². The van der Waals surface area contributed by atoms with Gasteiger partial charge in [0.1, 0.15) is 0 Å². The molecule has 1 aliphatic heterocycles. The molecule has 88 valence electrons. The number of carboxylic acid groups (broad SMARTS) is 1. The molecule has 1 aliphatic rings. The van der Waals surface area contributed by atoms with Crippen molar-refractivity contribution in [1.29, 1.82) is 0 Å². The summed E-state index contributed by atoms with van der Waals surface area (Å²) < 4.78 is 0. The van der Waals surface area contributed by atoms with Gasteiger partial charge < -0.3 is 15.1 Å². The first kappa shape index (κ1) is 12.3. The summed E-state index contributed by atoms with van der Waals surface area (Å²) in [4.78, 5) is 12.2. The fourth-order valence-electron chi connectivity index (χ4n) is 2.31. The predicted octanol–water partition coefficient (Wildman–Crippen LogP) is 1.79. The zero-order valence-corrected chi connectivity index (χ0v) is 9.35. The first-order valence-electron chi connectivity index (χ1n) is 5.74. The monoisotopic (exact) mass is 215 g/mol. The third-order valence-corrected chi connectivity index (χ3v) is 3.43. The second kappa shape index (κ2) is 5.95. The first-order valence-corrected chi connectivity index (χ1v) is 5.74. The molecule has 0 bridgehead atoms. The quantitative estimate of drug-likeness (QED) is 0.751. The molecule has 4 nitrogen and oxygen atoms in total. The molecule has 1 saturated heterocycles.